The Balaban J connectivity index is 1.09. The minimum absolute atomic E-state index is 0.0102. The highest BCUT2D eigenvalue weighted by atomic mass is 16.1. The third-order valence-corrected chi connectivity index (χ3v) is 10.1. The molecule has 0 radical (unpaired) electrons. The van der Waals surface area contributed by atoms with E-state index in [1.807, 2.05) is 60.7 Å². The average Bonchev–Trinajstić information content (AvgIpc) is 3.73. The molecule has 10 rings (SSSR count). The van der Waals surface area contributed by atoms with Crippen molar-refractivity contribution in [1.82, 2.24) is 14.1 Å². The predicted octanol–water partition coefficient (Wildman–Crippen LogP) is 11.8. The summed E-state index contributed by atoms with van der Waals surface area (Å²) < 4.78 is 4.62. The van der Waals surface area contributed by atoms with E-state index in [0.717, 1.165) is 44.9 Å². The van der Waals surface area contributed by atoms with Gasteiger partial charge in [-0.3, -0.25) is 9.36 Å². The van der Waals surface area contributed by atoms with Crippen LogP contribution in [0, 0.1) is 0 Å². The summed E-state index contributed by atoms with van der Waals surface area (Å²) in [6, 6.07) is 64.6. The van der Waals surface area contributed by atoms with Gasteiger partial charge < -0.3 is 4.57 Å². The van der Waals surface area contributed by atoms with Gasteiger partial charge in [-0.25, -0.2) is 4.98 Å². The molecule has 4 nitrogen and oxygen atoms in total. The molecule has 52 heavy (non-hydrogen) atoms. The lowest BCUT2D eigenvalue weighted by atomic mass is 10.0. The maximum atomic E-state index is 13.0. The van der Waals surface area contributed by atoms with Crippen LogP contribution in [0.2, 0.25) is 0 Å². The number of rotatable bonds is 6. The molecule has 0 spiro atoms. The summed E-state index contributed by atoms with van der Waals surface area (Å²) in [5.74, 6) is 0.850. The van der Waals surface area contributed by atoms with E-state index in [9.17, 15) is 4.79 Å². The number of hydrogen-bond acceptors (Lipinski definition) is 2. The highest BCUT2D eigenvalue weighted by molar-refractivity contribution is 6.12. The molecule has 4 heteroatoms. The molecule has 7 aromatic carbocycles. The Morgan fingerprint density at radius 3 is 1.71 bits per heavy atom. The van der Waals surface area contributed by atoms with E-state index in [2.05, 4.69) is 137 Å². The number of carbonyl (C=O) groups is 1. The van der Waals surface area contributed by atoms with Gasteiger partial charge in [-0.05, 0) is 65.7 Å². The summed E-state index contributed by atoms with van der Waals surface area (Å²) >= 11 is 0. The Hall–Kier alpha value is -7.04. The van der Waals surface area contributed by atoms with Gasteiger partial charge in [-0.1, -0.05) is 133 Å². The van der Waals surface area contributed by atoms with E-state index < -0.39 is 0 Å². The van der Waals surface area contributed by atoms with Gasteiger partial charge >= 0.3 is 0 Å². The van der Waals surface area contributed by atoms with Crippen LogP contribution < -0.4 is 0 Å². The first-order chi connectivity index (χ1) is 25.7. The molecular formula is C48H31N3O. The molecule has 0 aliphatic carbocycles. The molecule has 3 heterocycles. The summed E-state index contributed by atoms with van der Waals surface area (Å²) in [5.41, 5.74) is 11.2. The highest BCUT2D eigenvalue weighted by Crippen LogP contribution is 2.38. The van der Waals surface area contributed by atoms with Crippen molar-refractivity contribution in [2.45, 2.75) is 0 Å². The molecule has 0 aliphatic heterocycles. The fraction of sp³-hybridized carbons (Fsp3) is 0. The van der Waals surface area contributed by atoms with Crippen molar-refractivity contribution in [2.75, 3.05) is 0 Å². The average molecular weight is 666 g/mol. The molecule has 0 amide bonds. The molecule has 0 saturated heterocycles. The van der Waals surface area contributed by atoms with Crippen LogP contribution in [0.1, 0.15) is 15.9 Å². The second kappa shape index (κ2) is 12.1. The molecule has 0 N–H and O–H groups in total. The van der Waals surface area contributed by atoms with Crippen molar-refractivity contribution in [3.05, 3.63) is 199 Å². The van der Waals surface area contributed by atoms with E-state index in [-0.39, 0.29) is 5.78 Å². The molecule has 10 aromatic rings. The van der Waals surface area contributed by atoms with Gasteiger partial charge in [-0.2, -0.15) is 0 Å². The summed E-state index contributed by atoms with van der Waals surface area (Å²) in [7, 11) is 0. The van der Waals surface area contributed by atoms with Crippen molar-refractivity contribution < 1.29 is 4.79 Å². The third-order valence-electron chi connectivity index (χ3n) is 10.1. The van der Waals surface area contributed by atoms with E-state index in [1.165, 1.54) is 32.6 Å². The molecule has 0 saturated carbocycles. The van der Waals surface area contributed by atoms with Crippen LogP contribution in [0.15, 0.2) is 188 Å². The fourth-order valence-corrected chi connectivity index (χ4v) is 7.66. The summed E-state index contributed by atoms with van der Waals surface area (Å²) in [5, 5.41) is 4.82. The molecule has 3 aromatic heterocycles. The minimum atomic E-state index is 0.0102. The van der Waals surface area contributed by atoms with Crippen LogP contribution in [-0.4, -0.2) is 19.9 Å². The van der Waals surface area contributed by atoms with Crippen LogP contribution >= 0.6 is 0 Å². The Morgan fingerprint density at radius 1 is 0.385 bits per heavy atom. The second-order valence-corrected chi connectivity index (χ2v) is 13.2. The van der Waals surface area contributed by atoms with Crippen molar-refractivity contribution in [1.29, 1.82) is 0 Å². The predicted molar refractivity (Wildman–Crippen MR) is 214 cm³/mol. The summed E-state index contributed by atoms with van der Waals surface area (Å²) in [4.78, 5) is 18.2. The number of ketones is 1. The number of pyridine rings is 1. The zero-order chi connectivity index (χ0) is 34.6. The van der Waals surface area contributed by atoms with Crippen molar-refractivity contribution in [3.8, 4) is 33.9 Å². The van der Waals surface area contributed by atoms with Crippen LogP contribution in [0.5, 0.6) is 0 Å². The lowest BCUT2D eigenvalue weighted by Crippen LogP contribution is -2.01. The van der Waals surface area contributed by atoms with Crippen LogP contribution in [0.25, 0.3) is 77.5 Å². The molecule has 0 bridgehead atoms. The van der Waals surface area contributed by atoms with Gasteiger partial charge in [0.25, 0.3) is 0 Å². The van der Waals surface area contributed by atoms with E-state index >= 15 is 0 Å². The summed E-state index contributed by atoms with van der Waals surface area (Å²) in [6.45, 7) is 0. The van der Waals surface area contributed by atoms with Gasteiger partial charge in [0.1, 0.15) is 5.82 Å². The lowest BCUT2D eigenvalue weighted by Gasteiger charge is -2.11. The Kier molecular flexibility index (Phi) is 6.93. The highest BCUT2D eigenvalue weighted by Gasteiger charge is 2.17. The topological polar surface area (TPSA) is 39.8 Å². The molecule has 0 aliphatic rings. The van der Waals surface area contributed by atoms with E-state index in [0.29, 0.717) is 11.1 Å². The molecular weight excluding hydrogens is 635 g/mol. The maximum absolute atomic E-state index is 13.0. The Labute approximate surface area is 300 Å². The van der Waals surface area contributed by atoms with Crippen LogP contribution in [-0.2, 0) is 0 Å². The number of hydrogen-bond donors (Lipinski definition) is 0. The van der Waals surface area contributed by atoms with Gasteiger partial charge in [0.05, 0.1) is 27.8 Å². The number of benzene rings is 7. The quantitative estimate of drug-likeness (QED) is 0.166. The van der Waals surface area contributed by atoms with Crippen LogP contribution in [0.4, 0.5) is 0 Å². The van der Waals surface area contributed by atoms with Crippen molar-refractivity contribution >= 4 is 49.4 Å². The normalized spacial score (nSPS) is 11.5. The first-order valence-corrected chi connectivity index (χ1v) is 17.5. The number of nitrogens with zero attached hydrogens (tertiary/aromatic N) is 3. The first-order valence-electron chi connectivity index (χ1n) is 17.5. The Morgan fingerprint density at radius 2 is 0.942 bits per heavy atom. The first kappa shape index (κ1) is 29.8. The third kappa shape index (κ3) is 4.84. The zero-order valence-corrected chi connectivity index (χ0v) is 28.1. The fourth-order valence-electron chi connectivity index (χ4n) is 7.66. The van der Waals surface area contributed by atoms with Crippen molar-refractivity contribution in [3.63, 3.8) is 0 Å². The second-order valence-electron chi connectivity index (χ2n) is 13.2. The van der Waals surface area contributed by atoms with Gasteiger partial charge in [0.15, 0.2) is 5.78 Å². The molecule has 0 unspecified atom stereocenters. The largest absolute Gasteiger partial charge is 0.309 e. The smallest absolute Gasteiger partial charge is 0.193 e. The number of para-hydroxylation sites is 3. The van der Waals surface area contributed by atoms with Crippen molar-refractivity contribution in [2.24, 2.45) is 0 Å². The van der Waals surface area contributed by atoms with Gasteiger partial charge in [-0.15, -0.1) is 0 Å². The van der Waals surface area contributed by atoms with Gasteiger partial charge in [0, 0.05) is 43.9 Å². The number of aromatic nitrogens is 3. The van der Waals surface area contributed by atoms with E-state index in [1.54, 1.807) is 0 Å². The van der Waals surface area contributed by atoms with E-state index in [4.69, 9.17) is 4.98 Å². The number of carbonyl (C=O) groups excluding carboxylic acids is 1. The number of fused-ring (bicyclic) bond motifs is 6. The molecule has 0 fully saturated rings. The van der Waals surface area contributed by atoms with Gasteiger partial charge in [0.2, 0.25) is 0 Å². The lowest BCUT2D eigenvalue weighted by molar-refractivity contribution is 0.103. The standard InChI is InChI=1S/C48H31N3O/c52-48(33-12-3-1-4-13-33)34-24-22-32(23-25-34)42-18-11-21-47(49-42)51-44-20-10-7-16-38(44)40-28-26-36(31-46(40)51)35-27-29-45-41(30-35)39-17-8-9-19-43(39)50(45)37-14-5-2-6-15-37/h1-31H. The monoisotopic (exact) mass is 665 g/mol. The van der Waals surface area contributed by atoms with Crippen LogP contribution in [0.3, 0.4) is 0 Å². The minimum Gasteiger partial charge on any atom is -0.309 e. The molecule has 0 atom stereocenters. The Bertz CT molecular complexity index is 2960. The zero-order valence-electron chi connectivity index (χ0n) is 28.1. The molecule has 244 valence electrons. The summed E-state index contributed by atoms with van der Waals surface area (Å²) in [6.07, 6.45) is 0. The SMILES string of the molecule is O=C(c1ccccc1)c1ccc(-c2cccc(-n3c4ccccc4c4ccc(-c5ccc6c(c5)c5ccccc5n6-c5ccccc5)cc43)n2)cc1. The maximum Gasteiger partial charge on any atom is 0.193 e.